The van der Waals surface area contributed by atoms with Crippen molar-refractivity contribution in [3.05, 3.63) is 0 Å². The molecule has 0 aromatic carbocycles. The third kappa shape index (κ3) is 2.90. The maximum absolute atomic E-state index is 2.70. The van der Waals surface area contributed by atoms with Crippen molar-refractivity contribution >= 4 is 11.8 Å². The summed E-state index contributed by atoms with van der Waals surface area (Å²) in [5.74, 6) is 3.60. The standard InChI is InChI=1S/C12H23NS/c1-11(2)9-12(3-4-12)10-13-5-7-14-8-6-13/h11H,3-10H2,1-2H3. The van der Waals surface area contributed by atoms with E-state index in [-0.39, 0.29) is 0 Å². The van der Waals surface area contributed by atoms with Crippen molar-refractivity contribution in [2.24, 2.45) is 11.3 Å². The minimum absolute atomic E-state index is 0.746. The lowest BCUT2D eigenvalue weighted by Gasteiger charge is -2.31. The Hall–Kier alpha value is 0.310. The summed E-state index contributed by atoms with van der Waals surface area (Å²) in [6, 6.07) is 0. The van der Waals surface area contributed by atoms with Gasteiger partial charge in [0.1, 0.15) is 0 Å². The van der Waals surface area contributed by atoms with Gasteiger partial charge in [-0.05, 0) is 30.6 Å². The Bertz CT molecular complexity index is 181. The fraction of sp³-hybridized carbons (Fsp3) is 1.00. The van der Waals surface area contributed by atoms with Gasteiger partial charge in [0.25, 0.3) is 0 Å². The number of hydrogen-bond acceptors (Lipinski definition) is 2. The second-order valence-electron chi connectivity index (χ2n) is 5.49. The van der Waals surface area contributed by atoms with Crippen molar-refractivity contribution in [2.75, 3.05) is 31.1 Å². The first-order valence-electron chi connectivity index (χ1n) is 6.00. The Morgan fingerprint density at radius 1 is 1.21 bits per heavy atom. The lowest BCUT2D eigenvalue weighted by molar-refractivity contribution is 0.217. The molecule has 1 heterocycles. The van der Waals surface area contributed by atoms with Crippen LogP contribution < -0.4 is 0 Å². The van der Waals surface area contributed by atoms with Crippen LogP contribution in [0.3, 0.4) is 0 Å². The van der Waals surface area contributed by atoms with Crippen LogP contribution in [0.2, 0.25) is 0 Å². The first-order valence-corrected chi connectivity index (χ1v) is 7.16. The molecule has 0 bridgehead atoms. The zero-order valence-electron chi connectivity index (χ0n) is 9.59. The molecule has 1 aliphatic heterocycles. The van der Waals surface area contributed by atoms with Crippen molar-refractivity contribution in [1.82, 2.24) is 4.90 Å². The van der Waals surface area contributed by atoms with Crippen LogP contribution in [0.4, 0.5) is 0 Å². The molecule has 0 aromatic heterocycles. The van der Waals surface area contributed by atoms with Crippen LogP contribution in [-0.4, -0.2) is 36.0 Å². The molecule has 0 amide bonds. The molecule has 0 radical (unpaired) electrons. The summed E-state index contributed by atoms with van der Waals surface area (Å²) in [7, 11) is 0. The van der Waals surface area contributed by atoms with Crippen LogP contribution >= 0.6 is 11.8 Å². The van der Waals surface area contributed by atoms with E-state index in [1.165, 1.54) is 50.4 Å². The molecule has 2 rings (SSSR count). The lowest BCUT2D eigenvalue weighted by Crippen LogP contribution is -2.37. The van der Waals surface area contributed by atoms with E-state index < -0.39 is 0 Å². The highest BCUT2D eigenvalue weighted by molar-refractivity contribution is 7.99. The zero-order chi connectivity index (χ0) is 10.0. The predicted molar refractivity (Wildman–Crippen MR) is 64.9 cm³/mol. The predicted octanol–water partition coefficient (Wildman–Crippen LogP) is 2.86. The maximum atomic E-state index is 2.70. The van der Waals surface area contributed by atoms with Crippen LogP contribution in [0.5, 0.6) is 0 Å². The number of nitrogens with zero attached hydrogens (tertiary/aromatic N) is 1. The normalized spacial score (nSPS) is 26.8. The molecule has 0 atom stereocenters. The fourth-order valence-electron chi connectivity index (χ4n) is 2.70. The molecule has 2 aliphatic rings. The maximum Gasteiger partial charge on any atom is 0.00729 e. The van der Waals surface area contributed by atoms with Crippen LogP contribution in [0, 0.1) is 11.3 Å². The fourth-order valence-corrected chi connectivity index (χ4v) is 3.68. The Balaban J connectivity index is 1.77. The Morgan fingerprint density at radius 2 is 1.86 bits per heavy atom. The van der Waals surface area contributed by atoms with Gasteiger partial charge in [0.05, 0.1) is 0 Å². The number of rotatable bonds is 4. The molecule has 14 heavy (non-hydrogen) atoms. The van der Waals surface area contributed by atoms with Crippen molar-refractivity contribution in [3.63, 3.8) is 0 Å². The average molecular weight is 213 g/mol. The van der Waals surface area contributed by atoms with Gasteiger partial charge >= 0.3 is 0 Å². The summed E-state index contributed by atoms with van der Waals surface area (Å²) in [5, 5.41) is 0. The average Bonchev–Trinajstić information content (AvgIpc) is 2.85. The van der Waals surface area contributed by atoms with E-state index in [9.17, 15) is 0 Å². The van der Waals surface area contributed by atoms with Gasteiger partial charge in [-0.3, -0.25) is 0 Å². The van der Waals surface area contributed by atoms with E-state index in [1.54, 1.807) is 0 Å². The molecular weight excluding hydrogens is 190 g/mol. The summed E-state index contributed by atoms with van der Waals surface area (Å²) in [6.07, 6.45) is 4.44. The molecule has 1 saturated carbocycles. The third-order valence-electron chi connectivity index (χ3n) is 3.46. The SMILES string of the molecule is CC(C)CC1(CN2CCSCC2)CC1. The first kappa shape index (κ1) is 10.8. The minimum atomic E-state index is 0.746. The molecular formula is C12H23NS. The summed E-state index contributed by atoms with van der Waals surface area (Å²) in [5.41, 5.74) is 0.746. The van der Waals surface area contributed by atoms with Crippen LogP contribution in [0.1, 0.15) is 33.1 Å². The van der Waals surface area contributed by atoms with E-state index in [0.717, 1.165) is 11.3 Å². The Morgan fingerprint density at radius 3 is 2.36 bits per heavy atom. The van der Waals surface area contributed by atoms with E-state index >= 15 is 0 Å². The zero-order valence-corrected chi connectivity index (χ0v) is 10.4. The van der Waals surface area contributed by atoms with Gasteiger partial charge in [-0.1, -0.05) is 13.8 Å². The number of hydrogen-bond donors (Lipinski definition) is 0. The highest BCUT2D eigenvalue weighted by atomic mass is 32.2. The summed E-state index contributed by atoms with van der Waals surface area (Å²) < 4.78 is 0. The Labute approximate surface area is 92.6 Å². The van der Waals surface area contributed by atoms with Crippen molar-refractivity contribution in [3.8, 4) is 0 Å². The molecule has 0 aromatic rings. The van der Waals surface area contributed by atoms with E-state index in [4.69, 9.17) is 0 Å². The van der Waals surface area contributed by atoms with Gasteiger partial charge < -0.3 is 4.90 Å². The molecule has 2 heteroatoms. The van der Waals surface area contributed by atoms with Crippen LogP contribution in [0.15, 0.2) is 0 Å². The lowest BCUT2D eigenvalue weighted by atomic mass is 9.93. The van der Waals surface area contributed by atoms with Crippen LogP contribution in [0.25, 0.3) is 0 Å². The molecule has 0 spiro atoms. The van der Waals surface area contributed by atoms with Gasteiger partial charge in [-0.2, -0.15) is 11.8 Å². The van der Waals surface area contributed by atoms with Crippen molar-refractivity contribution < 1.29 is 0 Å². The summed E-state index contributed by atoms with van der Waals surface area (Å²) >= 11 is 2.12. The van der Waals surface area contributed by atoms with E-state index in [0.29, 0.717) is 0 Å². The Kier molecular flexibility index (Phi) is 3.43. The summed E-state index contributed by atoms with van der Waals surface area (Å²) in [4.78, 5) is 2.70. The quantitative estimate of drug-likeness (QED) is 0.706. The van der Waals surface area contributed by atoms with Gasteiger partial charge in [-0.25, -0.2) is 0 Å². The second kappa shape index (κ2) is 4.44. The smallest absolute Gasteiger partial charge is 0.00729 e. The second-order valence-corrected chi connectivity index (χ2v) is 6.71. The highest BCUT2D eigenvalue weighted by Gasteiger charge is 2.43. The molecule has 0 unspecified atom stereocenters. The third-order valence-corrected chi connectivity index (χ3v) is 4.40. The first-order chi connectivity index (χ1) is 6.70. The van der Waals surface area contributed by atoms with Gasteiger partial charge in [0.2, 0.25) is 0 Å². The monoisotopic (exact) mass is 213 g/mol. The van der Waals surface area contributed by atoms with Crippen molar-refractivity contribution in [2.45, 2.75) is 33.1 Å². The summed E-state index contributed by atoms with van der Waals surface area (Å²) in [6.45, 7) is 8.80. The van der Waals surface area contributed by atoms with Gasteiger partial charge in [-0.15, -0.1) is 0 Å². The highest BCUT2D eigenvalue weighted by Crippen LogP contribution is 2.51. The molecule has 1 aliphatic carbocycles. The molecule has 0 N–H and O–H groups in total. The molecule has 2 fully saturated rings. The molecule has 1 saturated heterocycles. The van der Waals surface area contributed by atoms with Crippen molar-refractivity contribution in [1.29, 1.82) is 0 Å². The molecule has 1 nitrogen and oxygen atoms in total. The van der Waals surface area contributed by atoms with Crippen LogP contribution in [-0.2, 0) is 0 Å². The topological polar surface area (TPSA) is 3.24 Å². The minimum Gasteiger partial charge on any atom is -0.301 e. The van der Waals surface area contributed by atoms with E-state index in [1.807, 2.05) is 0 Å². The van der Waals surface area contributed by atoms with Gasteiger partial charge in [0, 0.05) is 31.1 Å². The van der Waals surface area contributed by atoms with Gasteiger partial charge in [0.15, 0.2) is 0 Å². The van der Waals surface area contributed by atoms with E-state index in [2.05, 4.69) is 30.5 Å². The number of thioether (sulfide) groups is 1. The molecule has 82 valence electrons. The largest absolute Gasteiger partial charge is 0.301 e.